The summed E-state index contributed by atoms with van der Waals surface area (Å²) in [6.07, 6.45) is -3.97. The third-order valence-corrected chi connectivity index (χ3v) is 2.14. The van der Waals surface area contributed by atoms with E-state index in [-0.39, 0.29) is 5.75 Å². The van der Waals surface area contributed by atoms with Crippen LogP contribution < -0.4 is 4.74 Å². The van der Waals surface area contributed by atoms with Crippen molar-refractivity contribution in [2.75, 3.05) is 19.3 Å². The molecule has 0 atom stereocenters. The summed E-state index contributed by atoms with van der Waals surface area (Å²) in [5.74, 6) is 4.93. The van der Waals surface area contributed by atoms with Crippen LogP contribution in [0, 0.1) is 17.7 Å². The first kappa shape index (κ1) is 16.6. The summed E-state index contributed by atoms with van der Waals surface area (Å²) in [6, 6.07) is 3.83. The lowest BCUT2D eigenvalue weighted by molar-refractivity contribution is -0.187. The number of rotatable bonds is 5. The summed E-state index contributed by atoms with van der Waals surface area (Å²) in [5.41, 5.74) is 0.474. The summed E-state index contributed by atoms with van der Waals surface area (Å²) in [6.45, 7) is -2.15. The van der Waals surface area contributed by atoms with Crippen molar-refractivity contribution in [2.45, 2.75) is 12.6 Å². The fourth-order valence-corrected chi connectivity index (χ4v) is 1.26. The maximum absolute atomic E-state index is 13.3. The molecule has 0 unspecified atom stereocenters. The Morgan fingerprint density at radius 2 is 2.00 bits per heavy atom. The van der Waals surface area contributed by atoms with Crippen molar-refractivity contribution >= 4 is 11.6 Å². The number of hydrogen-bond acceptors (Lipinski definition) is 2. The van der Waals surface area contributed by atoms with Crippen molar-refractivity contribution in [2.24, 2.45) is 0 Å². The second kappa shape index (κ2) is 7.98. The molecule has 7 heteroatoms. The van der Waals surface area contributed by atoms with Gasteiger partial charge in [-0.1, -0.05) is 11.8 Å². The smallest absolute Gasteiger partial charge is 0.411 e. The molecule has 0 amide bonds. The van der Waals surface area contributed by atoms with Gasteiger partial charge in [0.15, 0.2) is 18.4 Å². The molecule has 0 aliphatic rings. The highest BCUT2D eigenvalue weighted by molar-refractivity contribution is 6.18. The van der Waals surface area contributed by atoms with Crippen molar-refractivity contribution in [1.29, 1.82) is 0 Å². The molecular weight excluding hydrogens is 300 g/mol. The Labute approximate surface area is 118 Å². The van der Waals surface area contributed by atoms with Gasteiger partial charge in [0.2, 0.25) is 0 Å². The van der Waals surface area contributed by atoms with Gasteiger partial charge in [0.1, 0.15) is 6.61 Å². The fourth-order valence-electron chi connectivity index (χ4n) is 1.17. The minimum absolute atomic E-state index is 0.218. The van der Waals surface area contributed by atoms with Gasteiger partial charge in [-0.05, 0) is 18.2 Å². The lowest BCUT2D eigenvalue weighted by atomic mass is 10.2. The van der Waals surface area contributed by atoms with Crippen molar-refractivity contribution in [3.05, 3.63) is 29.6 Å². The summed E-state index contributed by atoms with van der Waals surface area (Å²) in [4.78, 5) is 0. The van der Waals surface area contributed by atoms with Gasteiger partial charge < -0.3 is 9.47 Å². The van der Waals surface area contributed by atoms with E-state index in [1.807, 2.05) is 0 Å². The van der Waals surface area contributed by atoms with Gasteiger partial charge >= 0.3 is 6.18 Å². The molecule has 20 heavy (non-hydrogen) atoms. The molecule has 0 fully saturated rings. The highest BCUT2D eigenvalue weighted by atomic mass is 35.5. The molecule has 1 aromatic carbocycles. The average molecular weight is 311 g/mol. The Hall–Kier alpha value is -1.45. The monoisotopic (exact) mass is 310 g/mol. The van der Waals surface area contributed by atoms with Crippen molar-refractivity contribution in [3.63, 3.8) is 0 Å². The van der Waals surface area contributed by atoms with Crippen LogP contribution in [0.15, 0.2) is 18.2 Å². The third kappa shape index (κ3) is 6.64. The standard InChI is InChI=1S/C13H11ClF4O2/c14-6-2-1-3-10-4-5-11(15)12(7-10)20-9-19-8-13(16,17)18/h4-5,7H,2,6,8-9H2. The van der Waals surface area contributed by atoms with Crippen LogP contribution in [0.2, 0.25) is 0 Å². The topological polar surface area (TPSA) is 18.5 Å². The van der Waals surface area contributed by atoms with Crippen LogP contribution in [0.1, 0.15) is 12.0 Å². The van der Waals surface area contributed by atoms with E-state index in [0.717, 1.165) is 6.07 Å². The molecule has 110 valence electrons. The Balaban J connectivity index is 2.57. The molecule has 0 saturated heterocycles. The normalized spacial score (nSPS) is 10.8. The molecule has 0 saturated carbocycles. The third-order valence-electron chi connectivity index (χ3n) is 1.95. The summed E-state index contributed by atoms with van der Waals surface area (Å²) in [5, 5.41) is 0. The molecule has 0 N–H and O–H groups in total. The fraction of sp³-hybridized carbons (Fsp3) is 0.385. The number of hydrogen-bond donors (Lipinski definition) is 0. The number of benzene rings is 1. The zero-order chi connectivity index (χ0) is 15.0. The maximum Gasteiger partial charge on any atom is 0.411 e. The minimum atomic E-state index is -4.45. The van der Waals surface area contributed by atoms with Crippen molar-refractivity contribution < 1.29 is 27.0 Å². The van der Waals surface area contributed by atoms with Crippen LogP contribution >= 0.6 is 11.6 Å². The second-order valence-corrected chi connectivity index (χ2v) is 3.99. The van der Waals surface area contributed by atoms with Crippen LogP contribution in [-0.4, -0.2) is 25.5 Å². The largest absolute Gasteiger partial charge is 0.464 e. The molecule has 1 rings (SSSR count). The SMILES string of the molecule is Fc1ccc(C#CCCCl)cc1OCOCC(F)(F)F. The lowest BCUT2D eigenvalue weighted by Gasteiger charge is -2.10. The van der Waals surface area contributed by atoms with E-state index in [2.05, 4.69) is 16.6 Å². The van der Waals surface area contributed by atoms with Gasteiger partial charge in [-0.15, -0.1) is 11.6 Å². The Kier molecular flexibility index (Phi) is 6.62. The van der Waals surface area contributed by atoms with Gasteiger partial charge in [-0.2, -0.15) is 13.2 Å². The van der Waals surface area contributed by atoms with E-state index in [9.17, 15) is 17.6 Å². The first-order chi connectivity index (χ1) is 9.42. The predicted molar refractivity (Wildman–Crippen MR) is 66.1 cm³/mol. The van der Waals surface area contributed by atoms with Crippen molar-refractivity contribution in [1.82, 2.24) is 0 Å². The minimum Gasteiger partial charge on any atom is -0.464 e. The Morgan fingerprint density at radius 1 is 1.25 bits per heavy atom. The van der Waals surface area contributed by atoms with E-state index in [1.54, 1.807) is 0 Å². The Morgan fingerprint density at radius 3 is 2.65 bits per heavy atom. The van der Waals surface area contributed by atoms with Crippen LogP contribution in [0.25, 0.3) is 0 Å². The van der Waals surface area contributed by atoms with E-state index in [1.165, 1.54) is 12.1 Å². The quantitative estimate of drug-likeness (QED) is 0.271. The highest BCUT2D eigenvalue weighted by Gasteiger charge is 2.27. The average Bonchev–Trinajstić information content (AvgIpc) is 2.37. The van der Waals surface area contributed by atoms with Crippen molar-refractivity contribution in [3.8, 4) is 17.6 Å². The van der Waals surface area contributed by atoms with Gasteiger partial charge in [0, 0.05) is 17.9 Å². The first-order valence-corrected chi connectivity index (χ1v) is 6.07. The summed E-state index contributed by atoms with van der Waals surface area (Å²) < 4.78 is 57.8. The van der Waals surface area contributed by atoms with E-state index in [4.69, 9.17) is 16.3 Å². The van der Waals surface area contributed by atoms with Crippen LogP contribution in [-0.2, 0) is 4.74 Å². The maximum atomic E-state index is 13.3. The molecule has 0 aliphatic heterocycles. The van der Waals surface area contributed by atoms with E-state index in [0.29, 0.717) is 17.9 Å². The molecule has 0 bridgehead atoms. The zero-order valence-electron chi connectivity index (χ0n) is 10.3. The van der Waals surface area contributed by atoms with Gasteiger partial charge in [-0.3, -0.25) is 0 Å². The Bertz CT molecular complexity index is 491. The van der Waals surface area contributed by atoms with Gasteiger partial charge in [0.05, 0.1) is 0 Å². The molecular formula is C13H11ClF4O2. The number of ether oxygens (including phenoxy) is 2. The molecule has 0 spiro atoms. The molecule has 0 heterocycles. The molecule has 0 aliphatic carbocycles. The van der Waals surface area contributed by atoms with Crippen LogP contribution in [0.4, 0.5) is 17.6 Å². The van der Waals surface area contributed by atoms with E-state index < -0.39 is 25.4 Å². The molecule has 0 radical (unpaired) electrons. The summed E-state index contributed by atoms with van der Waals surface area (Å²) >= 11 is 5.45. The van der Waals surface area contributed by atoms with E-state index >= 15 is 0 Å². The zero-order valence-corrected chi connectivity index (χ0v) is 11.0. The van der Waals surface area contributed by atoms with Gasteiger partial charge in [-0.25, -0.2) is 4.39 Å². The predicted octanol–water partition coefficient (Wildman–Crippen LogP) is 3.72. The molecule has 1 aromatic rings. The summed E-state index contributed by atoms with van der Waals surface area (Å²) in [7, 11) is 0. The van der Waals surface area contributed by atoms with Gasteiger partial charge in [0.25, 0.3) is 0 Å². The molecule has 0 aromatic heterocycles. The second-order valence-electron chi connectivity index (χ2n) is 3.61. The highest BCUT2D eigenvalue weighted by Crippen LogP contribution is 2.19. The number of halogens is 5. The van der Waals surface area contributed by atoms with Crippen LogP contribution in [0.3, 0.4) is 0 Å². The molecule has 2 nitrogen and oxygen atoms in total. The van der Waals surface area contributed by atoms with Crippen LogP contribution in [0.5, 0.6) is 5.75 Å². The first-order valence-electron chi connectivity index (χ1n) is 5.54. The lowest BCUT2D eigenvalue weighted by Crippen LogP contribution is -2.19. The number of alkyl halides is 4.